The Bertz CT molecular complexity index is 765. The second-order valence-corrected chi connectivity index (χ2v) is 4.78. The molecule has 0 saturated heterocycles. The van der Waals surface area contributed by atoms with Crippen LogP contribution in [0.5, 0.6) is 0 Å². The number of rotatable bonds is 6. The largest absolute Gasteiger partial charge is 0.0991 e. The predicted octanol–water partition coefficient (Wildman–Crippen LogP) is 4.80. The Morgan fingerprint density at radius 1 is 0.727 bits per heavy atom. The first-order chi connectivity index (χ1) is 10.7. The fourth-order valence-electron chi connectivity index (χ4n) is 2.60. The molecule has 0 aromatic heterocycles. The summed E-state index contributed by atoms with van der Waals surface area (Å²) in [6.07, 6.45) is 19.5. The first kappa shape index (κ1) is 17.5. The highest BCUT2D eigenvalue weighted by Gasteiger charge is 2.09. The molecule has 0 nitrogen and oxygen atoms in total. The van der Waals surface area contributed by atoms with Gasteiger partial charge in [-0.25, -0.2) is 0 Å². The van der Waals surface area contributed by atoms with Crippen molar-refractivity contribution in [3.63, 3.8) is 0 Å². The van der Waals surface area contributed by atoms with Gasteiger partial charge in [0.05, 0.1) is 0 Å². The first-order valence-electron chi connectivity index (χ1n) is 7.32. The third kappa shape index (κ3) is 3.53. The third-order valence-electron chi connectivity index (χ3n) is 3.54. The molecule has 0 saturated carbocycles. The Morgan fingerprint density at radius 2 is 1.32 bits per heavy atom. The van der Waals surface area contributed by atoms with Gasteiger partial charge in [0.15, 0.2) is 0 Å². The molecule has 0 amide bonds. The Labute approximate surface area is 134 Å². The summed E-state index contributed by atoms with van der Waals surface area (Å²) in [6, 6.07) is 0. The van der Waals surface area contributed by atoms with Crippen molar-refractivity contribution < 1.29 is 0 Å². The maximum Gasteiger partial charge on any atom is -0.00995 e. The first-order valence-corrected chi connectivity index (χ1v) is 7.32. The molecule has 0 aliphatic heterocycles. The zero-order chi connectivity index (χ0) is 16.5. The molecule has 0 spiro atoms. The predicted molar refractivity (Wildman–Crippen MR) is 104 cm³/mol. The van der Waals surface area contributed by atoms with E-state index in [1.165, 1.54) is 10.8 Å². The summed E-state index contributed by atoms with van der Waals surface area (Å²) in [5, 5.41) is 2.36. The van der Waals surface area contributed by atoms with Crippen LogP contribution in [0.4, 0.5) is 0 Å². The highest BCUT2D eigenvalue weighted by Crippen LogP contribution is 2.18. The number of allylic oxidation sites excluding steroid dienone is 5. The fourth-order valence-corrected chi connectivity index (χ4v) is 2.60. The molecule has 0 unspecified atom stereocenters. The van der Waals surface area contributed by atoms with Crippen LogP contribution >= 0.6 is 0 Å². The molecule has 0 N–H and O–H groups in total. The van der Waals surface area contributed by atoms with Gasteiger partial charge in [-0.3, -0.25) is 0 Å². The highest BCUT2D eigenvalue weighted by atomic mass is 14.1. The normalized spacial score (nSPS) is 13.0. The maximum atomic E-state index is 4.00. The van der Waals surface area contributed by atoms with Crippen LogP contribution in [0.15, 0.2) is 56.7 Å². The third-order valence-corrected chi connectivity index (χ3v) is 3.54. The second-order valence-electron chi connectivity index (χ2n) is 4.78. The van der Waals surface area contributed by atoms with Crippen LogP contribution in [-0.2, 0) is 0 Å². The second kappa shape index (κ2) is 8.63. The quantitative estimate of drug-likeness (QED) is 0.659. The van der Waals surface area contributed by atoms with E-state index in [1.54, 1.807) is 12.2 Å². The average molecular weight is 288 g/mol. The Kier molecular flexibility index (Phi) is 6.85. The Morgan fingerprint density at radius 3 is 1.77 bits per heavy atom. The van der Waals surface area contributed by atoms with Crippen LogP contribution < -0.4 is 10.4 Å². The van der Waals surface area contributed by atoms with Crippen molar-refractivity contribution in [3.8, 4) is 0 Å². The van der Waals surface area contributed by atoms with E-state index in [1.807, 2.05) is 30.4 Å². The van der Waals surface area contributed by atoms with Gasteiger partial charge in [0.1, 0.15) is 0 Å². The molecule has 0 aliphatic rings. The SMILES string of the molecule is C=C/C=C\c1c(C=C)c(/C=C\C=C)c(=C/C=C)/c(=C\C)c1C. The van der Waals surface area contributed by atoms with E-state index in [4.69, 9.17) is 0 Å². The van der Waals surface area contributed by atoms with E-state index in [0.717, 1.165) is 21.9 Å². The number of hydrogen-bond acceptors (Lipinski definition) is 0. The van der Waals surface area contributed by atoms with E-state index >= 15 is 0 Å². The fraction of sp³-hybridized carbons (Fsp3) is 0.0909. The Hall–Kier alpha value is -2.60. The van der Waals surface area contributed by atoms with Crippen LogP contribution in [0.3, 0.4) is 0 Å². The number of benzene rings is 1. The van der Waals surface area contributed by atoms with Crippen LogP contribution in [0.1, 0.15) is 29.2 Å². The summed E-state index contributed by atoms with van der Waals surface area (Å²) in [5.41, 5.74) is 4.61. The zero-order valence-corrected chi connectivity index (χ0v) is 13.6. The van der Waals surface area contributed by atoms with E-state index < -0.39 is 0 Å². The zero-order valence-electron chi connectivity index (χ0n) is 13.6. The van der Waals surface area contributed by atoms with E-state index in [2.05, 4.69) is 58.4 Å². The van der Waals surface area contributed by atoms with E-state index in [0.29, 0.717) is 0 Å². The molecule has 1 aromatic rings. The molecule has 0 radical (unpaired) electrons. The molecule has 1 rings (SSSR count). The van der Waals surface area contributed by atoms with Gasteiger partial charge in [-0.2, -0.15) is 0 Å². The van der Waals surface area contributed by atoms with Crippen LogP contribution in [0, 0.1) is 6.92 Å². The monoisotopic (exact) mass is 288 g/mol. The van der Waals surface area contributed by atoms with Gasteiger partial charge in [-0.05, 0) is 46.5 Å². The molecule has 112 valence electrons. The van der Waals surface area contributed by atoms with Gasteiger partial charge in [0.2, 0.25) is 0 Å². The van der Waals surface area contributed by atoms with Crippen molar-refractivity contribution in [2.75, 3.05) is 0 Å². The van der Waals surface area contributed by atoms with Crippen LogP contribution in [-0.4, -0.2) is 0 Å². The molecule has 0 heteroatoms. The summed E-state index contributed by atoms with van der Waals surface area (Å²) < 4.78 is 0. The summed E-state index contributed by atoms with van der Waals surface area (Å²) in [7, 11) is 0. The topological polar surface area (TPSA) is 0 Å². The van der Waals surface area contributed by atoms with Crippen molar-refractivity contribution in [2.45, 2.75) is 13.8 Å². The van der Waals surface area contributed by atoms with Gasteiger partial charge in [-0.1, -0.05) is 87.1 Å². The molecule has 1 aromatic carbocycles. The molecular formula is C22H24. The smallest absolute Gasteiger partial charge is 0.00995 e. The molecule has 0 aliphatic carbocycles. The lowest BCUT2D eigenvalue weighted by Gasteiger charge is -2.13. The lowest BCUT2D eigenvalue weighted by Crippen LogP contribution is -2.32. The van der Waals surface area contributed by atoms with Crippen LogP contribution in [0.2, 0.25) is 0 Å². The van der Waals surface area contributed by atoms with Crippen molar-refractivity contribution >= 4 is 30.4 Å². The molecule has 0 heterocycles. The van der Waals surface area contributed by atoms with Gasteiger partial charge >= 0.3 is 0 Å². The molecule has 0 bridgehead atoms. The molecular weight excluding hydrogens is 264 g/mol. The summed E-state index contributed by atoms with van der Waals surface area (Å²) in [4.78, 5) is 0. The molecule has 22 heavy (non-hydrogen) atoms. The number of hydrogen-bond donors (Lipinski definition) is 0. The van der Waals surface area contributed by atoms with E-state index in [-0.39, 0.29) is 0 Å². The standard InChI is InChI=1S/C22H24/c1-7-12-15-20-17(6)18(10-4)21(14-9-3)22(16-13-8-2)19(20)11-5/h7-16H,1-3,5H2,4,6H3/b15-12-,16-13-,18-10-,21-14+. The van der Waals surface area contributed by atoms with Crippen molar-refractivity contribution in [1.82, 2.24) is 0 Å². The molecule has 0 fully saturated rings. The van der Waals surface area contributed by atoms with Gasteiger partial charge in [-0.15, -0.1) is 0 Å². The van der Waals surface area contributed by atoms with Gasteiger partial charge < -0.3 is 0 Å². The lowest BCUT2D eigenvalue weighted by atomic mass is 9.91. The maximum absolute atomic E-state index is 4.00. The van der Waals surface area contributed by atoms with Crippen molar-refractivity contribution in [3.05, 3.63) is 89.4 Å². The van der Waals surface area contributed by atoms with Crippen molar-refractivity contribution in [1.29, 1.82) is 0 Å². The van der Waals surface area contributed by atoms with Gasteiger partial charge in [0.25, 0.3) is 0 Å². The summed E-state index contributed by atoms with van der Waals surface area (Å²) >= 11 is 0. The highest BCUT2D eigenvalue weighted by molar-refractivity contribution is 5.77. The minimum atomic E-state index is 1.10. The summed E-state index contributed by atoms with van der Waals surface area (Å²) in [6.45, 7) is 19.5. The minimum Gasteiger partial charge on any atom is -0.0991 e. The average Bonchev–Trinajstić information content (AvgIpc) is 2.53. The minimum absolute atomic E-state index is 1.10. The lowest BCUT2D eigenvalue weighted by molar-refractivity contribution is 1.32. The summed E-state index contributed by atoms with van der Waals surface area (Å²) in [5.74, 6) is 0. The Balaban J connectivity index is 4.13. The van der Waals surface area contributed by atoms with E-state index in [9.17, 15) is 0 Å². The van der Waals surface area contributed by atoms with Crippen LogP contribution in [0.25, 0.3) is 30.4 Å². The van der Waals surface area contributed by atoms with Gasteiger partial charge in [0, 0.05) is 0 Å². The molecule has 0 atom stereocenters. The van der Waals surface area contributed by atoms with Crippen molar-refractivity contribution in [2.24, 2.45) is 0 Å².